The Kier molecular flexibility index (Phi) is 14.9. The van der Waals surface area contributed by atoms with E-state index < -0.39 is 8.07 Å². The van der Waals surface area contributed by atoms with Crippen LogP contribution in [0.5, 0.6) is 0 Å². The first-order valence-corrected chi connectivity index (χ1v) is 17.4. The van der Waals surface area contributed by atoms with Crippen LogP contribution in [0.3, 0.4) is 0 Å². The molecule has 41 heavy (non-hydrogen) atoms. The molecule has 0 heterocycles. The predicted molar refractivity (Wildman–Crippen MR) is 165 cm³/mol. The Labute approximate surface area is 281 Å². The van der Waals surface area contributed by atoms with Crippen molar-refractivity contribution in [3.63, 3.8) is 0 Å². The van der Waals surface area contributed by atoms with Gasteiger partial charge in [-0.15, -0.1) is 0 Å². The van der Waals surface area contributed by atoms with E-state index >= 15 is 0 Å². The van der Waals surface area contributed by atoms with Crippen LogP contribution in [0, 0.1) is 5.92 Å². The fraction of sp³-hybridized carbons (Fsp3) is 0.389. The van der Waals surface area contributed by atoms with Crippen LogP contribution in [0.4, 0.5) is 0 Å². The average Bonchev–Trinajstić information content (AvgIpc) is 3.30. The van der Waals surface area contributed by atoms with Gasteiger partial charge in [-0.3, -0.25) is 0 Å². The molecule has 0 radical (unpaired) electrons. The van der Waals surface area contributed by atoms with Gasteiger partial charge in [-0.2, -0.15) is 0 Å². The SMILES string of the molecule is CCC(C)C1=CCC([Si](c2cccc(C(C)C)c2)(c2cccc(C(C)C)c2)c2cccc(C(C)C)c2)=[C]1[Ti+3].[Cl-].[Cl-].[Cl-]. The molecule has 0 saturated carbocycles. The summed E-state index contributed by atoms with van der Waals surface area (Å²) >= 11 is 2.42. The first kappa shape index (κ1) is 38.0. The fourth-order valence-corrected chi connectivity index (χ4v) is 12.8. The summed E-state index contributed by atoms with van der Waals surface area (Å²) in [6.07, 6.45) is 4.80. The van der Waals surface area contributed by atoms with E-state index in [4.69, 9.17) is 0 Å². The van der Waals surface area contributed by atoms with Gasteiger partial charge >= 0.3 is 246 Å². The number of benzene rings is 3. The third kappa shape index (κ3) is 7.54. The molecule has 1 aliphatic rings. The van der Waals surface area contributed by atoms with Gasteiger partial charge in [0.15, 0.2) is 0 Å². The molecule has 218 valence electrons. The zero-order chi connectivity index (χ0) is 27.6. The first-order valence-electron chi connectivity index (χ1n) is 14.6. The number of hydrogen-bond acceptors (Lipinski definition) is 0. The summed E-state index contributed by atoms with van der Waals surface area (Å²) < 4.78 is 1.55. The molecule has 1 atom stereocenters. The van der Waals surface area contributed by atoms with Gasteiger partial charge in [0.1, 0.15) is 0 Å². The Balaban J connectivity index is 0.00000280. The van der Waals surface area contributed by atoms with E-state index in [1.807, 2.05) is 0 Å². The van der Waals surface area contributed by atoms with E-state index in [2.05, 4.69) is 155 Å². The number of allylic oxidation sites excluding steroid dienone is 4. The molecule has 0 aromatic heterocycles. The second-order valence-electron chi connectivity index (χ2n) is 12.1. The predicted octanol–water partition coefficient (Wildman–Crippen LogP) is -0.745. The summed E-state index contributed by atoms with van der Waals surface area (Å²) in [7, 11) is -2.56. The van der Waals surface area contributed by atoms with Crippen molar-refractivity contribution in [1.29, 1.82) is 0 Å². The van der Waals surface area contributed by atoms with E-state index in [0.29, 0.717) is 23.7 Å². The summed E-state index contributed by atoms with van der Waals surface area (Å²) in [5.74, 6) is 2.08. The van der Waals surface area contributed by atoms with Crippen LogP contribution in [0.2, 0.25) is 0 Å². The Morgan fingerprint density at radius 3 is 1.32 bits per heavy atom. The van der Waals surface area contributed by atoms with Crippen molar-refractivity contribution < 1.29 is 57.7 Å². The van der Waals surface area contributed by atoms with Crippen molar-refractivity contribution in [2.45, 2.75) is 86.0 Å². The van der Waals surface area contributed by atoms with Crippen LogP contribution in [0.1, 0.15) is 103 Å². The zero-order valence-electron chi connectivity index (χ0n) is 25.9. The third-order valence-electron chi connectivity index (χ3n) is 8.67. The molecule has 0 aliphatic heterocycles. The van der Waals surface area contributed by atoms with Gasteiger partial charge in [0.25, 0.3) is 0 Å². The molecule has 3 aromatic carbocycles. The second kappa shape index (κ2) is 16.1. The molecule has 0 bridgehead atoms. The molecule has 0 N–H and O–H groups in total. The van der Waals surface area contributed by atoms with Crippen molar-refractivity contribution in [2.24, 2.45) is 5.92 Å². The fourth-order valence-electron chi connectivity index (χ4n) is 6.01. The maximum Gasteiger partial charge on any atom is -1.00 e. The van der Waals surface area contributed by atoms with E-state index in [1.165, 1.54) is 38.7 Å². The molecular weight excluding hydrogens is 615 g/mol. The number of rotatable bonds is 9. The Hall–Kier alpha value is -1.06. The van der Waals surface area contributed by atoms with E-state index in [0.717, 1.165) is 6.42 Å². The normalized spacial score (nSPS) is 14.0. The van der Waals surface area contributed by atoms with Gasteiger partial charge in [-0.25, -0.2) is 0 Å². The molecule has 3 aromatic rings. The van der Waals surface area contributed by atoms with Gasteiger partial charge in [-0.1, -0.05) is 0 Å². The molecule has 0 saturated heterocycles. The van der Waals surface area contributed by atoms with E-state index in [-0.39, 0.29) is 37.2 Å². The molecule has 1 aliphatic carbocycles. The Morgan fingerprint density at radius 2 is 1.00 bits per heavy atom. The monoisotopic (exact) mass is 658 g/mol. The smallest absolute Gasteiger partial charge is 1.00 e. The van der Waals surface area contributed by atoms with Crippen molar-refractivity contribution in [3.05, 3.63) is 110 Å². The minimum Gasteiger partial charge on any atom is -1.00 e. The molecule has 0 spiro atoms. The van der Waals surface area contributed by atoms with Gasteiger partial charge in [0, 0.05) is 0 Å². The van der Waals surface area contributed by atoms with Crippen LogP contribution in [-0.2, 0) is 20.4 Å². The molecule has 0 amide bonds. The maximum absolute atomic E-state index is 2.56. The second-order valence-corrected chi connectivity index (χ2v) is 16.7. The van der Waals surface area contributed by atoms with Crippen LogP contribution in [0.15, 0.2) is 93.5 Å². The van der Waals surface area contributed by atoms with Crippen molar-refractivity contribution in [2.75, 3.05) is 0 Å². The minimum atomic E-state index is -2.56. The van der Waals surface area contributed by atoms with Crippen molar-refractivity contribution in [3.8, 4) is 0 Å². The standard InChI is InChI=1S/C36H45Si.3ClH.Ti/c1-9-28(8)32-19-20-36(24-32)37(33-16-10-13-29(21-33)25(2)3,34-17-11-14-30(22-34)26(4)5)35-18-12-15-31(23-35)27(6)7;;;;/h10-19,21-23,25-28H,9,20H2,1-8H3;3*1H;/q;;;;+3/p-3. The zero-order valence-corrected chi connectivity index (χ0v) is 30.7. The van der Waals surface area contributed by atoms with Crippen molar-refractivity contribution >= 4 is 23.6 Å². The first-order chi connectivity index (χ1) is 18.1. The number of hydrogen-bond donors (Lipinski definition) is 0. The van der Waals surface area contributed by atoms with Crippen LogP contribution in [0.25, 0.3) is 0 Å². The van der Waals surface area contributed by atoms with Gasteiger partial charge in [-0.05, 0) is 0 Å². The molecule has 0 fully saturated rings. The van der Waals surface area contributed by atoms with E-state index in [1.54, 1.807) is 14.6 Å². The topological polar surface area (TPSA) is 0 Å². The van der Waals surface area contributed by atoms with Gasteiger partial charge in [0.2, 0.25) is 0 Å². The van der Waals surface area contributed by atoms with Crippen LogP contribution < -0.4 is 52.8 Å². The summed E-state index contributed by atoms with van der Waals surface area (Å²) in [6.45, 7) is 18.7. The van der Waals surface area contributed by atoms with Gasteiger partial charge in [0.05, 0.1) is 0 Å². The molecule has 1 unspecified atom stereocenters. The van der Waals surface area contributed by atoms with Crippen LogP contribution in [-0.4, -0.2) is 8.07 Å². The third-order valence-corrected chi connectivity index (χ3v) is 14.9. The summed E-state index contributed by atoms with van der Waals surface area (Å²) in [6, 6.07) is 28.9. The largest absolute Gasteiger partial charge is 1.00 e. The number of halogens is 3. The summed E-state index contributed by atoms with van der Waals surface area (Å²) in [4.78, 5) is 0. The molecule has 5 heteroatoms. The van der Waals surface area contributed by atoms with Crippen LogP contribution >= 0.6 is 0 Å². The minimum absolute atomic E-state index is 0. The van der Waals surface area contributed by atoms with Crippen molar-refractivity contribution in [1.82, 2.24) is 0 Å². The Bertz CT molecular complexity index is 1230. The average molecular weight is 660 g/mol. The quantitative estimate of drug-likeness (QED) is 0.210. The van der Waals surface area contributed by atoms with Gasteiger partial charge < -0.3 is 37.2 Å². The Morgan fingerprint density at radius 1 is 0.634 bits per heavy atom. The molecule has 4 rings (SSSR count). The maximum atomic E-state index is 2.56. The summed E-state index contributed by atoms with van der Waals surface area (Å²) in [5, 5.41) is 6.26. The molecular formula is C36H45Cl3SiTi. The molecule has 0 nitrogen and oxygen atoms in total. The van der Waals surface area contributed by atoms with E-state index in [9.17, 15) is 0 Å². The summed E-state index contributed by atoms with van der Waals surface area (Å²) in [5.41, 5.74) is 5.88.